The number of nitrogens with one attached hydrogen (secondary N) is 1. The Hall–Kier alpha value is -3.42. The molecule has 27 heavy (non-hydrogen) atoms. The van der Waals surface area contributed by atoms with Gasteiger partial charge < -0.3 is 19.4 Å². The highest BCUT2D eigenvalue weighted by Gasteiger charge is 2.14. The highest BCUT2D eigenvalue weighted by molar-refractivity contribution is 5.94. The van der Waals surface area contributed by atoms with Crippen molar-refractivity contribution in [1.29, 1.82) is 0 Å². The molecule has 0 bridgehead atoms. The maximum absolute atomic E-state index is 12.4. The van der Waals surface area contributed by atoms with Gasteiger partial charge in [-0.1, -0.05) is 12.1 Å². The second-order valence-electron chi connectivity index (χ2n) is 5.56. The van der Waals surface area contributed by atoms with Gasteiger partial charge in [0.15, 0.2) is 11.5 Å². The van der Waals surface area contributed by atoms with Crippen LogP contribution in [0.3, 0.4) is 0 Å². The molecule has 3 aromatic rings. The maximum atomic E-state index is 12.4. The van der Waals surface area contributed by atoms with Gasteiger partial charge in [0.2, 0.25) is 0 Å². The van der Waals surface area contributed by atoms with Crippen LogP contribution in [-0.2, 0) is 6.54 Å². The number of methoxy groups -OCH3 is 1. The molecule has 1 heterocycles. The molecule has 0 spiro atoms. The summed E-state index contributed by atoms with van der Waals surface area (Å²) in [7, 11) is 1.32. The Morgan fingerprint density at radius 1 is 1.19 bits per heavy atom. The highest BCUT2D eigenvalue weighted by Crippen LogP contribution is 2.29. The van der Waals surface area contributed by atoms with E-state index in [0.29, 0.717) is 6.54 Å². The van der Waals surface area contributed by atoms with Crippen LogP contribution in [0.2, 0.25) is 0 Å². The van der Waals surface area contributed by atoms with Crippen molar-refractivity contribution in [2.75, 3.05) is 7.11 Å². The quantitative estimate of drug-likeness (QED) is 0.689. The van der Waals surface area contributed by atoms with Crippen molar-refractivity contribution >= 4 is 5.91 Å². The van der Waals surface area contributed by atoms with Crippen molar-refractivity contribution in [3.05, 3.63) is 72.3 Å². The minimum absolute atomic E-state index is 0.0626. The monoisotopic (exact) mass is 373 g/mol. The van der Waals surface area contributed by atoms with Gasteiger partial charge in [-0.15, -0.1) is 0 Å². The number of carbonyl (C=O) groups is 1. The average Bonchev–Trinajstić information content (AvgIpc) is 3.21. The van der Waals surface area contributed by atoms with Crippen molar-refractivity contribution in [1.82, 2.24) is 14.9 Å². The van der Waals surface area contributed by atoms with E-state index in [2.05, 4.69) is 15.0 Å². The molecule has 0 aliphatic carbocycles. The second-order valence-corrected chi connectivity index (χ2v) is 5.56. The number of hydrogen-bond acceptors (Lipinski definition) is 4. The predicted molar refractivity (Wildman–Crippen MR) is 94.4 cm³/mol. The van der Waals surface area contributed by atoms with Crippen LogP contribution in [0.25, 0.3) is 5.69 Å². The molecule has 1 aromatic heterocycles. The standard InChI is InChI=1S/C19H17F2N3O3/c1-26-17-10-14(4-7-16(17)27-19(20)21)18(25)23-11-13-2-5-15(6-3-13)24-9-8-22-12-24/h2-10,12,19H,11H2,1H3,(H,23,25). The molecular weight excluding hydrogens is 356 g/mol. The van der Waals surface area contributed by atoms with E-state index >= 15 is 0 Å². The number of benzene rings is 2. The number of hydrogen-bond donors (Lipinski definition) is 1. The predicted octanol–water partition coefficient (Wildman–Crippen LogP) is 3.41. The van der Waals surface area contributed by atoms with Gasteiger partial charge in [-0.25, -0.2) is 4.98 Å². The van der Waals surface area contributed by atoms with Crippen LogP contribution in [0.4, 0.5) is 8.78 Å². The molecule has 0 atom stereocenters. The van der Waals surface area contributed by atoms with Crippen molar-refractivity contribution < 1.29 is 23.0 Å². The number of halogens is 2. The Morgan fingerprint density at radius 3 is 2.59 bits per heavy atom. The van der Waals surface area contributed by atoms with E-state index in [0.717, 1.165) is 11.3 Å². The molecule has 1 amide bonds. The fourth-order valence-corrected chi connectivity index (χ4v) is 2.48. The largest absolute Gasteiger partial charge is 0.493 e. The van der Waals surface area contributed by atoms with Crippen LogP contribution in [0.1, 0.15) is 15.9 Å². The van der Waals surface area contributed by atoms with E-state index in [1.54, 1.807) is 12.5 Å². The lowest BCUT2D eigenvalue weighted by atomic mass is 10.1. The number of alkyl halides is 2. The first-order valence-corrected chi connectivity index (χ1v) is 8.05. The number of rotatable bonds is 7. The zero-order valence-corrected chi connectivity index (χ0v) is 14.4. The van der Waals surface area contributed by atoms with E-state index < -0.39 is 6.61 Å². The number of carbonyl (C=O) groups excluding carboxylic acids is 1. The third kappa shape index (κ3) is 4.60. The van der Waals surface area contributed by atoms with E-state index in [-0.39, 0.29) is 23.0 Å². The van der Waals surface area contributed by atoms with Gasteiger partial charge in [-0.05, 0) is 35.9 Å². The lowest BCUT2D eigenvalue weighted by molar-refractivity contribution is -0.0512. The normalized spacial score (nSPS) is 10.7. The Bertz CT molecular complexity index is 897. The topological polar surface area (TPSA) is 65.4 Å². The Morgan fingerprint density at radius 2 is 1.96 bits per heavy atom. The summed E-state index contributed by atoms with van der Waals surface area (Å²) in [5.41, 5.74) is 2.15. The molecule has 0 aliphatic heterocycles. The minimum atomic E-state index is -2.97. The van der Waals surface area contributed by atoms with Gasteiger partial charge in [0.1, 0.15) is 0 Å². The summed E-state index contributed by atoms with van der Waals surface area (Å²) in [4.78, 5) is 16.3. The van der Waals surface area contributed by atoms with Crippen molar-refractivity contribution in [2.45, 2.75) is 13.2 Å². The summed E-state index contributed by atoms with van der Waals surface area (Å²) in [6.45, 7) is -2.65. The third-order valence-corrected chi connectivity index (χ3v) is 3.83. The van der Waals surface area contributed by atoms with Crippen LogP contribution < -0.4 is 14.8 Å². The molecule has 2 aromatic carbocycles. The van der Waals surface area contributed by atoms with Crippen LogP contribution >= 0.6 is 0 Å². The maximum Gasteiger partial charge on any atom is 0.387 e. The lowest BCUT2D eigenvalue weighted by Gasteiger charge is -2.12. The lowest BCUT2D eigenvalue weighted by Crippen LogP contribution is -2.22. The fraction of sp³-hybridized carbons (Fsp3) is 0.158. The van der Waals surface area contributed by atoms with E-state index in [1.165, 1.54) is 25.3 Å². The Labute approximate surface area is 154 Å². The first kappa shape index (κ1) is 18.4. The molecule has 6 nitrogen and oxygen atoms in total. The van der Waals surface area contributed by atoms with Gasteiger partial charge in [-0.2, -0.15) is 8.78 Å². The first-order valence-electron chi connectivity index (χ1n) is 8.05. The number of nitrogens with zero attached hydrogens (tertiary/aromatic N) is 2. The number of amides is 1. The molecular formula is C19H17F2N3O3. The summed E-state index contributed by atoms with van der Waals surface area (Å²) in [6.07, 6.45) is 5.23. The van der Waals surface area contributed by atoms with Gasteiger partial charge in [0.05, 0.1) is 13.4 Å². The summed E-state index contributed by atoms with van der Waals surface area (Å²) in [6, 6.07) is 11.7. The van der Waals surface area contributed by atoms with Crippen molar-refractivity contribution in [2.24, 2.45) is 0 Å². The van der Waals surface area contributed by atoms with E-state index in [4.69, 9.17) is 4.74 Å². The van der Waals surface area contributed by atoms with Gasteiger partial charge >= 0.3 is 6.61 Å². The first-order chi connectivity index (χ1) is 13.1. The molecule has 3 rings (SSSR count). The van der Waals surface area contributed by atoms with Crippen LogP contribution in [0.5, 0.6) is 11.5 Å². The number of aromatic nitrogens is 2. The zero-order chi connectivity index (χ0) is 19.2. The minimum Gasteiger partial charge on any atom is -0.493 e. The van der Waals surface area contributed by atoms with Crippen molar-refractivity contribution in [3.63, 3.8) is 0 Å². The number of imidazole rings is 1. The van der Waals surface area contributed by atoms with Crippen LogP contribution in [0, 0.1) is 0 Å². The zero-order valence-electron chi connectivity index (χ0n) is 14.4. The Balaban J connectivity index is 1.63. The molecule has 0 radical (unpaired) electrons. The highest BCUT2D eigenvalue weighted by atomic mass is 19.3. The molecule has 0 unspecified atom stereocenters. The molecule has 0 aliphatic rings. The van der Waals surface area contributed by atoms with Gasteiger partial charge in [0, 0.05) is 30.2 Å². The van der Waals surface area contributed by atoms with Gasteiger partial charge in [-0.3, -0.25) is 4.79 Å². The smallest absolute Gasteiger partial charge is 0.387 e. The Kier molecular flexibility index (Phi) is 5.65. The number of ether oxygens (including phenoxy) is 2. The van der Waals surface area contributed by atoms with Crippen LogP contribution in [-0.4, -0.2) is 29.2 Å². The summed E-state index contributed by atoms with van der Waals surface area (Å²) >= 11 is 0. The molecule has 140 valence electrons. The molecule has 8 heteroatoms. The molecule has 0 saturated carbocycles. The van der Waals surface area contributed by atoms with E-state index in [1.807, 2.05) is 35.0 Å². The summed E-state index contributed by atoms with van der Waals surface area (Å²) < 4.78 is 35.9. The fourth-order valence-electron chi connectivity index (χ4n) is 2.48. The van der Waals surface area contributed by atoms with Gasteiger partial charge in [0.25, 0.3) is 5.91 Å². The van der Waals surface area contributed by atoms with Crippen molar-refractivity contribution in [3.8, 4) is 17.2 Å². The molecule has 0 fully saturated rings. The molecule has 1 N–H and O–H groups in total. The summed E-state index contributed by atoms with van der Waals surface area (Å²) in [5.74, 6) is -0.414. The molecule has 0 saturated heterocycles. The SMILES string of the molecule is COc1cc(C(=O)NCc2ccc(-n3ccnc3)cc2)ccc1OC(F)F. The third-order valence-electron chi connectivity index (χ3n) is 3.83. The van der Waals surface area contributed by atoms with Crippen LogP contribution in [0.15, 0.2) is 61.2 Å². The summed E-state index contributed by atoms with van der Waals surface area (Å²) in [5, 5.41) is 2.78. The average molecular weight is 373 g/mol. The second kappa shape index (κ2) is 8.31. The van der Waals surface area contributed by atoms with E-state index in [9.17, 15) is 13.6 Å².